The van der Waals surface area contributed by atoms with Gasteiger partial charge in [0.1, 0.15) is 0 Å². The summed E-state index contributed by atoms with van der Waals surface area (Å²) in [5.41, 5.74) is 9.12. The quantitative estimate of drug-likeness (QED) is 0.395. The summed E-state index contributed by atoms with van der Waals surface area (Å²) in [6.45, 7) is 4.31. The number of amidine groups is 1. The normalized spacial score (nSPS) is 11.9. The van der Waals surface area contributed by atoms with Crippen molar-refractivity contribution in [2.45, 2.75) is 13.8 Å². The molecule has 138 valence electrons. The van der Waals surface area contributed by atoms with Crippen LogP contribution in [-0.4, -0.2) is 28.9 Å². The largest absolute Gasteiger partial charge is 0.504 e. The van der Waals surface area contributed by atoms with Gasteiger partial charge in [0.15, 0.2) is 28.8 Å². The van der Waals surface area contributed by atoms with Crippen molar-refractivity contribution in [3.05, 3.63) is 65.4 Å². The van der Waals surface area contributed by atoms with Crippen molar-refractivity contribution in [3.63, 3.8) is 0 Å². The summed E-state index contributed by atoms with van der Waals surface area (Å²) in [4.78, 5) is 0. The Morgan fingerprint density at radius 2 is 2.00 bits per heavy atom. The average Bonchev–Trinajstić information content (AvgIpc) is 3.15. The molecule has 0 spiro atoms. The number of aryl methyl sites for hydroxylation is 1. The fourth-order valence-corrected chi connectivity index (χ4v) is 2.34. The van der Waals surface area contributed by atoms with E-state index in [0.717, 1.165) is 11.1 Å². The Hall–Kier alpha value is -3.61. The summed E-state index contributed by atoms with van der Waals surface area (Å²) < 4.78 is 10.7. The van der Waals surface area contributed by atoms with Gasteiger partial charge < -0.3 is 20.1 Å². The van der Waals surface area contributed by atoms with Gasteiger partial charge in [-0.05, 0) is 37.6 Å². The molecule has 2 aromatic carbocycles. The molecule has 0 aliphatic rings. The molecule has 0 unspecified atom stereocenters. The van der Waals surface area contributed by atoms with Gasteiger partial charge in [-0.2, -0.15) is 5.10 Å². The Balaban J connectivity index is 1.73. The third kappa shape index (κ3) is 4.52. The van der Waals surface area contributed by atoms with Gasteiger partial charge in [-0.1, -0.05) is 35.0 Å². The molecule has 0 fully saturated rings. The van der Waals surface area contributed by atoms with Crippen molar-refractivity contribution in [2.75, 3.05) is 6.61 Å². The van der Waals surface area contributed by atoms with Crippen LogP contribution in [0.3, 0.4) is 0 Å². The first kappa shape index (κ1) is 18.2. The zero-order valence-corrected chi connectivity index (χ0v) is 15.1. The SMILES string of the molecule is CCOc1cc(C=NN=C(N)c2cc(-c3ccc(C)cc3)on2)ccc1O. The van der Waals surface area contributed by atoms with E-state index in [-0.39, 0.29) is 11.6 Å². The Labute approximate surface area is 156 Å². The second kappa shape index (κ2) is 8.18. The fourth-order valence-electron chi connectivity index (χ4n) is 2.34. The minimum absolute atomic E-state index is 0.0725. The Morgan fingerprint density at radius 1 is 1.22 bits per heavy atom. The van der Waals surface area contributed by atoms with Gasteiger partial charge in [0.25, 0.3) is 0 Å². The highest BCUT2D eigenvalue weighted by molar-refractivity contribution is 5.96. The standard InChI is InChI=1S/C20H20N4O3/c1-3-26-19-10-14(6-9-17(19)25)12-22-23-20(21)16-11-18(27-24-16)15-7-4-13(2)5-8-15/h4-12,25H,3H2,1-2H3,(H2,21,23). The minimum atomic E-state index is 0.0725. The number of rotatable bonds is 6. The van der Waals surface area contributed by atoms with Gasteiger partial charge in [-0.25, -0.2) is 0 Å². The molecule has 7 heteroatoms. The Kier molecular flexibility index (Phi) is 5.51. The van der Waals surface area contributed by atoms with E-state index < -0.39 is 0 Å². The molecule has 7 nitrogen and oxygen atoms in total. The maximum absolute atomic E-state index is 9.70. The summed E-state index contributed by atoms with van der Waals surface area (Å²) >= 11 is 0. The number of hydrogen-bond donors (Lipinski definition) is 2. The number of aromatic hydroxyl groups is 1. The summed E-state index contributed by atoms with van der Waals surface area (Å²) in [6, 6.07) is 14.5. The second-order valence-electron chi connectivity index (χ2n) is 5.83. The van der Waals surface area contributed by atoms with Crippen LogP contribution in [0.1, 0.15) is 23.7 Å². The number of phenolic OH excluding ortho intramolecular Hbond substituents is 1. The van der Waals surface area contributed by atoms with E-state index in [4.69, 9.17) is 15.0 Å². The van der Waals surface area contributed by atoms with Crippen LogP contribution in [0.2, 0.25) is 0 Å². The van der Waals surface area contributed by atoms with Crippen molar-refractivity contribution in [3.8, 4) is 22.8 Å². The summed E-state index contributed by atoms with van der Waals surface area (Å²) in [5, 5.41) is 21.5. The van der Waals surface area contributed by atoms with E-state index >= 15 is 0 Å². The molecule has 0 amide bonds. The molecule has 3 rings (SSSR count). The number of benzene rings is 2. The highest BCUT2D eigenvalue weighted by atomic mass is 16.5. The lowest BCUT2D eigenvalue weighted by atomic mass is 10.1. The lowest BCUT2D eigenvalue weighted by molar-refractivity contribution is 0.318. The molecule has 3 aromatic rings. The molecule has 0 radical (unpaired) electrons. The molecule has 3 N–H and O–H groups in total. The van der Waals surface area contributed by atoms with Gasteiger partial charge in [-0.15, -0.1) is 5.10 Å². The lowest BCUT2D eigenvalue weighted by Gasteiger charge is -2.05. The van der Waals surface area contributed by atoms with E-state index in [1.54, 1.807) is 18.2 Å². The highest BCUT2D eigenvalue weighted by Crippen LogP contribution is 2.26. The van der Waals surface area contributed by atoms with Crippen LogP contribution in [0.15, 0.2) is 63.3 Å². The van der Waals surface area contributed by atoms with Crippen LogP contribution < -0.4 is 10.5 Å². The van der Waals surface area contributed by atoms with Gasteiger partial charge in [0.2, 0.25) is 0 Å². The summed E-state index contributed by atoms with van der Waals surface area (Å²) in [6.07, 6.45) is 1.51. The Morgan fingerprint density at radius 3 is 2.74 bits per heavy atom. The number of nitrogens with two attached hydrogens (primary N) is 1. The molecule has 0 bridgehead atoms. The van der Waals surface area contributed by atoms with E-state index in [9.17, 15) is 5.11 Å². The highest BCUT2D eigenvalue weighted by Gasteiger charge is 2.09. The van der Waals surface area contributed by atoms with E-state index in [0.29, 0.717) is 29.4 Å². The number of phenols is 1. The smallest absolute Gasteiger partial charge is 0.175 e. The minimum Gasteiger partial charge on any atom is -0.504 e. The molecule has 1 heterocycles. The first-order valence-corrected chi connectivity index (χ1v) is 8.43. The third-order valence-corrected chi connectivity index (χ3v) is 3.76. The van der Waals surface area contributed by atoms with E-state index in [2.05, 4.69) is 15.4 Å². The van der Waals surface area contributed by atoms with Crippen molar-refractivity contribution >= 4 is 12.1 Å². The summed E-state index contributed by atoms with van der Waals surface area (Å²) in [7, 11) is 0. The van der Waals surface area contributed by atoms with Crippen LogP contribution in [0.5, 0.6) is 11.5 Å². The number of aromatic nitrogens is 1. The topological polar surface area (TPSA) is 106 Å². The molecule has 0 aliphatic heterocycles. The van der Waals surface area contributed by atoms with Crippen molar-refractivity contribution in [2.24, 2.45) is 15.9 Å². The van der Waals surface area contributed by atoms with E-state index in [1.807, 2.05) is 38.1 Å². The van der Waals surface area contributed by atoms with Gasteiger partial charge in [0.05, 0.1) is 12.8 Å². The third-order valence-electron chi connectivity index (χ3n) is 3.76. The molecule has 27 heavy (non-hydrogen) atoms. The van der Waals surface area contributed by atoms with Crippen LogP contribution in [0.4, 0.5) is 0 Å². The predicted octanol–water partition coefficient (Wildman–Crippen LogP) is 3.49. The molecule has 0 atom stereocenters. The van der Waals surface area contributed by atoms with Crippen molar-refractivity contribution in [1.82, 2.24) is 5.16 Å². The maximum Gasteiger partial charge on any atom is 0.175 e. The van der Waals surface area contributed by atoms with Gasteiger partial charge in [0, 0.05) is 11.6 Å². The zero-order valence-electron chi connectivity index (χ0n) is 15.1. The first-order valence-electron chi connectivity index (χ1n) is 8.43. The molecule has 1 aromatic heterocycles. The number of ether oxygens (including phenoxy) is 1. The van der Waals surface area contributed by atoms with Crippen molar-refractivity contribution in [1.29, 1.82) is 0 Å². The van der Waals surface area contributed by atoms with Crippen LogP contribution >= 0.6 is 0 Å². The molecular formula is C20H20N4O3. The first-order chi connectivity index (χ1) is 13.1. The zero-order chi connectivity index (χ0) is 19.2. The van der Waals surface area contributed by atoms with Crippen LogP contribution in [-0.2, 0) is 0 Å². The molecular weight excluding hydrogens is 344 g/mol. The molecule has 0 aliphatic carbocycles. The Bertz CT molecular complexity index is 975. The maximum atomic E-state index is 9.70. The second-order valence-corrected chi connectivity index (χ2v) is 5.83. The van der Waals surface area contributed by atoms with Gasteiger partial charge >= 0.3 is 0 Å². The summed E-state index contributed by atoms with van der Waals surface area (Å²) in [5.74, 6) is 1.20. The average molecular weight is 364 g/mol. The van der Waals surface area contributed by atoms with Crippen LogP contribution in [0, 0.1) is 6.92 Å². The van der Waals surface area contributed by atoms with Crippen LogP contribution in [0.25, 0.3) is 11.3 Å². The monoisotopic (exact) mass is 364 g/mol. The molecule has 0 saturated heterocycles. The van der Waals surface area contributed by atoms with E-state index in [1.165, 1.54) is 12.3 Å². The number of nitrogens with zero attached hydrogens (tertiary/aromatic N) is 3. The van der Waals surface area contributed by atoms with Crippen molar-refractivity contribution < 1.29 is 14.4 Å². The lowest BCUT2D eigenvalue weighted by Crippen LogP contribution is -2.12. The molecule has 0 saturated carbocycles. The van der Waals surface area contributed by atoms with Gasteiger partial charge in [-0.3, -0.25) is 0 Å². The predicted molar refractivity (Wildman–Crippen MR) is 104 cm³/mol. The fraction of sp³-hybridized carbons (Fsp3) is 0.150. The number of hydrogen-bond acceptors (Lipinski definition) is 6.